The van der Waals surface area contributed by atoms with Gasteiger partial charge in [-0.05, 0) is 180 Å². The fourth-order valence-electron chi connectivity index (χ4n) is 8.56. The lowest BCUT2D eigenvalue weighted by Gasteiger charge is -2.31. The lowest BCUT2D eigenvalue weighted by Crippen LogP contribution is -2.33. The summed E-state index contributed by atoms with van der Waals surface area (Å²) in [6.07, 6.45) is 2.77. The number of carbonyl (C=O) groups is 4. The third kappa shape index (κ3) is 20.7. The molecule has 0 spiro atoms. The normalized spacial score (nSPS) is 11.3. The van der Waals surface area contributed by atoms with E-state index < -0.39 is 12.8 Å². The van der Waals surface area contributed by atoms with E-state index in [1.807, 2.05) is 75.4 Å². The molecule has 2 N–H and O–H groups in total. The van der Waals surface area contributed by atoms with Crippen molar-refractivity contribution in [3.8, 4) is 0 Å². The van der Waals surface area contributed by atoms with Crippen molar-refractivity contribution in [1.82, 2.24) is 5.48 Å². The Morgan fingerprint density at radius 3 is 1.19 bits per heavy atom. The Kier molecular flexibility index (Phi) is 31.6. The van der Waals surface area contributed by atoms with Crippen molar-refractivity contribution in [3.05, 3.63) is 200 Å². The van der Waals surface area contributed by atoms with E-state index in [0.29, 0.717) is 71.6 Å². The highest BCUT2D eigenvalue weighted by Crippen LogP contribution is 2.46. The quantitative estimate of drug-likeness (QED) is 0.0198. The van der Waals surface area contributed by atoms with Crippen molar-refractivity contribution in [2.45, 2.75) is 110 Å². The maximum atomic E-state index is 13.4. The fourth-order valence-corrected chi connectivity index (χ4v) is 12.8. The van der Waals surface area contributed by atoms with Gasteiger partial charge in [0.05, 0.1) is 25.7 Å². The van der Waals surface area contributed by atoms with Gasteiger partial charge in [0.25, 0.3) is 0 Å². The van der Waals surface area contributed by atoms with E-state index in [1.54, 1.807) is 117 Å². The molecule has 6 aromatic rings. The van der Waals surface area contributed by atoms with Gasteiger partial charge in [0.1, 0.15) is 17.5 Å². The van der Waals surface area contributed by atoms with Crippen LogP contribution in [0, 0.1) is 70.8 Å². The first-order chi connectivity index (χ1) is 37.1. The van der Waals surface area contributed by atoms with Gasteiger partial charge in [-0.3, -0.25) is 14.8 Å². The molecule has 6 aromatic carbocycles. The highest BCUT2D eigenvalue weighted by molar-refractivity contribution is 7.96. The van der Waals surface area contributed by atoms with Crippen molar-refractivity contribution in [2.75, 3.05) is 19.8 Å². The summed E-state index contributed by atoms with van der Waals surface area (Å²) in [5.41, 5.74) is 8.35. The number of rotatable bonds is 15. The van der Waals surface area contributed by atoms with Crippen LogP contribution in [0.2, 0.25) is 0 Å². The average Bonchev–Trinajstić information content (AvgIpc) is 3.56. The predicted molar refractivity (Wildman–Crippen MR) is 321 cm³/mol. The number of aryl methyl sites for hydroxylation is 6. The standard InChI is InChI=1S/C23H23O2P.C14H19FO2.C14H17FO2.C12H16FNO2.CH4.B2/c1-3-25-23(24)19(2)26(20-13-7-4-8-14-20,21-15-9-5-10-16-21)22-17-11-6-12-18-22;2*1-5-17-14(16)11(4)8-12-6-9(2)13(15)10(3)7-12;1-7-4-10(5-8(2)11(7)13)6-9(3)12(15)14-16;;1-2/h4-18H,3H2,1-2H3;6-7,11H,5,8H2,1-4H3;6-8H,5H2,1-4H3;4-5,9,16H,6H2,1-3H3,(H,14,15);1H4;. The Balaban J connectivity index is 0.000000531. The number of ether oxygens (including phenoxy) is 3. The van der Waals surface area contributed by atoms with Crippen LogP contribution in [-0.4, -0.2) is 69.6 Å². The molecule has 420 valence electrons. The maximum Gasteiger partial charge on any atom is 0.334 e. The number of benzene rings is 6. The van der Waals surface area contributed by atoms with Crippen LogP contribution in [0.15, 0.2) is 133 Å². The van der Waals surface area contributed by atoms with Gasteiger partial charge in [-0.2, -0.15) is 0 Å². The zero-order valence-electron chi connectivity index (χ0n) is 47.4. The van der Waals surface area contributed by atoms with Crippen molar-refractivity contribution in [3.63, 3.8) is 0 Å². The molecule has 1 amide bonds. The van der Waals surface area contributed by atoms with Gasteiger partial charge in [-0.25, -0.2) is 28.2 Å². The Morgan fingerprint density at radius 1 is 0.544 bits per heavy atom. The second-order valence-electron chi connectivity index (χ2n) is 18.5. The minimum Gasteiger partial charge on any atom is -0.466 e. The van der Waals surface area contributed by atoms with Gasteiger partial charge < -0.3 is 14.2 Å². The van der Waals surface area contributed by atoms with E-state index in [2.05, 4.69) is 51.9 Å². The van der Waals surface area contributed by atoms with Crippen molar-refractivity contribution in [1.29, 1.82) is 0 Å². The van der Waals surface area contributed by atoms with Crippen LogP contribution in [0.25, 0.3) is 6.08 Å². The molecule has 0 saturated carbocycles. The summed E-state index contributed by atoms with van der Waals surface area (Å²) < 4.78 is 55.5. The predicted octanol–water partition coefficient (Wildman–Crippen LogP) is 12.3. The van der Waals surface area contributed by atoms with Gasteiger partial charge in [-0.15, -0.1) is 0 Å². The summed E-state index contributed by atoms with van der Waals surface area (Å²) in [6.45, 7) is 21.7. The molecule has 0 fully saturated rings. The third-order valence-corrected chi connectivity index (χ3v) is 16.7. The molecule has 2 atom stereocenters. The number of hydroxylamine groups is 1. The molecule has 15 heteroatoms. The molecule has 0 saturated heterocycles. The minimum atomic E-state index is -2.29. The highest BCUT2D eigenvalue weighted by Gasteiger charge is 2.31. The SMILES string of the molecule is C.CCOC(=O)C(C)=Cc1cc(C)c(F)c(C)c1.CCOC(=O)C(C)=P(c1ccccc1)(c1ccccc1)c1ccccc1.CCOC(=O)C(C)Cc1cc(C)c(F)c(C)c1.Cc1cc(CC(C)C(=O)NO)cc(C)c1F.[B][B]. The van der Waals surface area contributed by atoms with Crippen LogP contribution in [-0.2, 0) is 46.2 Å². The highest BCUT2D eigenvalue weighted by atomic mass is 31.2. The van der Waals surface area contributed by atoms with Gasteiger partial charge in [-0.1, -0.05) is 137 Å². The lowest BCUT2D eigenvalue weighted by molar-refractivity contribution is -0.147. The Morgan fingerprint density at radius 2 is 0.861 bits per heavy atom. The number of nitrogens with one attached hydrogen (secondary N) is 1. The smallest absolute Gasteiger partial charge is 0.334 e. The van der Waals surface area contributed by atoms with E-state index in [4.69, 9.17) is 19.4 Å². The molecule has 0 aromatic heterocycles. The molecule has 6 rings (SSSR count). The molecular weight excluding hydrogens is 1020 g/mol. The first-order valence-electron chi connectivity index (χ1n) is 25.7. The van der Waals surface area contributed by atoms with Crippen LogP contribution in [0.4, 0.5) is 13.2 Å². The number of esters is 3. The molecule has 0 heterocycles. The summed E-state index contributed by atoms with van der Waals surface area (Å²) in [4.78, 5) is 46.9. The van der Waals surface area contributed by atoms with E-state index >= 15 is 0 Å². The zero-order valence-corrected chi connectivity index (χ0v) is 48.3. The second-order valence-corrected chi connectivity index (χ2v) is 22.1. The van der Waals surface area contributed by atoms with Crippen LogP contribution >= 0.6 is 6.89 Å². The van der Waals surface area contributed by atoms with Gasteiger partial charge in [0.15, 0.2) is 0 Å². The molecule has 2 unspecified atom stereocenters. The Labute approximate surface area is 471 Å². The molecule has 0 bridgehead atoms. The minimum absolute atomic E-state index is 0. The van der Waals surface area contributed by atoms with Crippen molar-refractivity contribution < 1.29 is 51.8 Å². The van der Waals surface area contributed by atoms with Crippen LogP contribution < -0.4 is 21.4 Å². The number of halogens is 3. The van der Waals surface area contributed by atoms with Crippen LogP contribution in [0.5, 0.6) is 0 Å². The van der Waals surface area contributed by atoms with Gasteiger partial charge in [0.2, 0.25) is 5.91 Å². The molecule has 79 heavy (non-hydrogen) atoms. The summed E-state index contributed by atoms with van der Waals surface area (Å²) in [5, 5.41) is 12.7. The number of carbonyl (C=O) groups excluding carboxylic acids is 4. The molecule has 0 aliphatic carbocycles. The van der Waals surface area contributed by atoms with Crippen LogP contribution in [0.1, 0.15) is 106 Å². The molecule has 4 radical (unpaired) electrons. The molecule has 0 aliphatic heterocycles. The molecule has 9 nitrogen and oxygen atoms in total. The molecular formula is C64H79B2F3NO8P. The average molecular weight is 1100 g/mol. The largest absolute Gasteiger partial charge is 0.466 e. The van der Waals surface area contributed by atoms with E-state index in [0.717, 1.165) is 37.9 Å². The summed E-state index contributed by atoms with van der Waals surface area (Å²) in [5.74, 6) is -2.30. The number of hydrogen-bond acceptors (Lipinski definition) is 8. The number of amides is 1. The summed E-state index contributed by atoms with van der Waals surface area (Å²) >= 11 is 0. The maximum absolute atomic E-state index is 13.4. The lowest BCUT2D eigenvalue weighted by atomic mass is 9.81. The van der Waals surface area contributed by atoms with E-state index in [1.165, 1.54) is 0 Å². The first-order valence-corrected chi connectivity index (χ1v) is 27.5. The van der Waals surface area contributed by atoms with Crippen molar-refractivity contribution >= 4 is 73.5 Å². The number of hydrogen-bond donors (Lipinski definition) is 2. The summed E-state index contributed by atoms with van der Waals surface area (Å²) in [6, 6.07) is 41.4. The van der Waals surface area contributed by atoms with Gasteiger partial charge in [0, 0.05) is 32.3 Å². The van der Waals surface area contributed by atoms with Crippen LogP contribution in [0.3, 0.4) is 0 Å². The molecule has 0 aliphatic rings. The Bertz CT molecular complexity index is 2820. The summed E-state index contributed by atoms with van der Waals surface area (Å²) in [7, 11) is 8.00. The van der Waals surface area contributed by atoms with E-state index in [-0.39, 0.29) is 54.6 Å². The second kappa shape index (κ2) is 35.6. The third-order valence-electron chi connectivity index (χ3n) is 12.3. The van der Waals surface area contributed by atoms with Gasteiger partial charge >= 0.3 is 17.9 Å². The zero-order chi connectivity index (χ0) is 58.7. The van der Waals surface area contributed by atoms with Crippen molar-refractivity contribution in [2.24, 2.45) is 11.8 Å². The van der Waals surface area contributed by atoms with E-state index in [9.17, 15) is 32.3 Å². The fraction of sp³-hybridized carbons (Fsp3) is 0.328. The first kappa shape index (κ1) is 70.1. The topological polar surface area (TPSA) is 128 Å². The Hall–Kier alpha value is -6.88. The monoisotopic (exact) mass is 1100 g/mol.